The van der Waals surface area contributed by atoms with Gasteiger partial charge in [0, 0.05) is 43.9 Å². The maximum absolute atomic E-state index is 13.2. The van der Waals surface area contributed by atoms with Crippen molar-refractivity contribution in [3.8, 4) is 17.0 Å². The molecule has 3 aromatic rings. The zero-order valence-corrected chi connectivity index (χ0v) is 21.7. The van der Waals surface area contributed by atoms with Gasteiger partial charge in [-0.2, -0.15) is 0 Å². The maximum atomic E-state index is 13.2. The minimum atomic E-state index is -0.0916. The number of aromatic nitrogens is 2. The highest BCUT2D eigenvalue weighted by Gasteiger charge is 2.24. The molecule has 194 valence electrons. The lowest BCUT2D eigenvalue weighted by molar-refractivity contribution is -0.131. The second-order valence-electron chi connectivity index (χ2n) is 9.17. The molecule has 1 aliphatic heterocycles. The van der Waals surface area contributed by atoms with Crippen LogP contribution in [-0.2, 0) is 4.79 Å². The molecule has 4 rings (SSSR count). The monoisotopic (exact) mass is 501 g/mol. The molecule has 0 unspecified atom stereocenters. The van der Waals surface area contributed by atoms with Crippen molar-refractivity contribution in [1.29, 1.82) is 0 Å². The summed E-state index contributed by atoms with van der Waals surface area (Å²) < 4.78 is 5.22. The zero-order valence-electron chi connectivity index (χ0n) is 21.7. The highest BCUT2D eigenvalue weighted by molar-refractivity contribution is 5.96. The van der Waals surface area contributed by atoms with Gasteiger partial charge >= 0.3 is 0 Å². The predicted molar refractivity (Wildman–Crippen MR) is 145 cm³/mol. The van der Waals surface area contributed by atoms with Crippen molar-refractivity contribution >= 4 is 17.6 Å². The van der Waals surface area contributed by atoms with Crippen LogP contribution in [0, 0.1) is 0 Å². The highest BCUT2D eigenvalue weighted by atomic mass is 16.5. The fourth-order valence-electron chi connectivity index (χ4n) is 4.43. The summed E-state index contributed by atoms with van der Waals surface area (Å²) in [6.45, 7) is 5.47. The van der Waals surface area contributed by atoms with Crippen LogP contribution in [0.4, 0.5) is 5.82 Å². The topological polar surface area (TPSA) is 78.9 Å². The Morgan fingerprint density at radius 1 is 0.919 bits per heavy atom. The van der Waals surface area contributed by atoms with Crippen LogP contribution in [0.15, 0.2) is 66.7 Å². The molecule has 0 saturated carbocycles. The lowest BCUT2D eigenvalue weighted by atomic mass is 10.1. The number of hydrogen-bond donors (Lipinski definition) is 0. The number of anilines is 1. The van der Waals surface area contributed by atoms with E-state index in [4.69, 9.17) is 4.74 Å². The van der Waals surface area contributed by atoms with Gasteiger partial charge in [-0.3, -0.25) is 9.59 Å². The molecule has 2 heterocycles. The van der Waals surface area contributed by atoms with Crippen molar-refractivity contribution < 1.29 is 14.3 Å². The summed E-state index contributed by atoms with van der Waals surface area (Å²) >= 11 is 0. The molecule has 1 saturated heterocycles. The minimum absolute atomic E-state index is 0.0110. The van der Waals surface area contributed by atoms with E-state index in [1.807, 2.05) is 59.5 Å². The molecule has 8 nitrogen and oxygen atoms in total. The van der Waals surface area contributed by atoms with Crippen LogP contribution < -0.4 is 9.64 Å². The van der Waals surface area contributed by atoms with Crippen LogP contribution >= 0.6 is 0 Å². The summed E-state index contributed by atoms with van der Waals surface area (Å²) in [5.74, 6) is 1.50. The van der Waals surface area contributed by atoms with Gasteiger partial charge in [0.2, 0.25) is 5.91 Å². The summed E-state index contributed by atoms with van der Waals surface area (Å²) in [7, 11) is 1.65. The molecule has 0 bridgehead atoms. The van der Waals surface area contributed by atoms with E-state index in [9.17, 15) is 9.59 Å². The third-order valence-electron chi connectivity index (χ3n) is 6.62. The van der Waals surface area contributed by atoms with Crippen molar-refractivity contribution in [3.05, 3.63) is 72.3 Å². The Morgan fingerprint density at radius 3 is 2.38 bits per heavy atom. The number of methoxy groups -OCH3 is 1. The summed E-state index contributed by atoms with van der Waals surface area (Å²) in [6.07, 6.45) is 2.66. The number of benzene rings is 2. The van der Waals surface area contributed by atoms with Crippen molar-refractivity contribution in [2.24, 2.45) is 0 Å². The number of carbonyl (C=O) groups excluding carboxylic acids is 2. The van der Waals surface area contributed by atoms with Crippen LogP contribution in [0.1, 0.15) is 36.5 Å². The smallest absolute Gasteiger partial charge is 0.254 e. The fourth-order valence-corrected chi connectivity index (χ4v) is 4.43. The van der Waals surface area contributed by atoms with E-state index in [-0.39, 0.29) is 18.4 Å². The molecule has 8 heteroatoms. The molecule has 0 atom stereocenters. The molecule has 2 aromatic carbocycles. The Kier molecular flexibility index (Phi) is 9.08. The minimum Gasteiger partial charge on any atom is -0.497 e. The summed E-state index contributed by atoms with van der Waals surface area (Å²) in [6, 6.07) is 20.9. The number of nitrogens with zero attached hydrogens (tertiary/aromatic N) is 5. The summed E-state index contributed by atoms with van der Waals surface area (Å²) in [5, 5.41) is 8.88. The normalized spacial score (nSPS) is 13.7. The molecule has 2 amide bonds. The van der Waals surface area contributed by atoms with Gasteiger partial charge in [0.25, 0.3) is 5.91 Å². The van der Waals surface area contributed by atoms with E-state index < -0.39 is 0 Å². The third-order valence-corrected chi connectivity index (χ3v) is 6.62. The standard InChI is InChI=1S/C29H35N5O3/c1-3-4-17-34(29(36)24-9-6-5-7-10-24)22-28(35)33-19-8-18-32(20-21-33)27-16-15-26(30-31-27)23-11-13-25(37-2)14-12-23/h5-7,9-16H,3-4,8,17-22H2,1-2H3. The second kappa shape index (κ2) is 12.9. The third kappa shape index (κ3) is 6.84. The quantitative estimate of drug-likeness (QED) is 0.439. The molecule has 1 aliphatic rings. The number of hydrogen-bond acceptors (Lipinski definition) is 6. The van der Waals surface area contributed by atoms with E-state index in [0.29, 0.717) is 31.7 Å². The van der Waals surface area contributed by atoms with Crippen LogP contribution in [0.3, 0.4) is 0 Å². The summed E-state index contributed by atoms with van der Waals surface area (Å²) in [4.78, 5) is 32.0. The lowest BCUT2D eigenvalue weighted by Crippen LogP contribution is -2.44. The van der Waals surface area contributed by atoms with Crippen molar-refractivity contribution in [1.82, 2.24) is 20.0 Å². The molecular formula is C29H35N5O3. The van der Waals surface area contributed by atoms with Gasteiger partial charge in [-0.25, -0.2) is 0 Å². The molecule has 0 aliphatic carbocycles. The van der Waals surface area contributed by atoms with E-state index in [1.54, 1.807) is 24.1 Å². The maximum Gasteiger partial charge on any atom is 0.254 e. The highest BCUT2D eigenvalue weighted by Crippen LogP contribution is 2.22. The first-order chi connectivity index (χ1) is 18.1. The second-order valence-corrected chi connectivity index (χ2v) is 9.17. The number of unbranched alkanes of at least 4 members (excludes halogenated alkanes) is 1. The van der Waals surface area contributed by atoms with E-state index in [1.165, 1.54) is 0 Å². The molecule has 0 spiro atoms. The van der Waals surface area contributed by atoms with Gasteiger partial charge in [0.1, 0.15) is 12.3 Å². The first-order valence-corrected chi connectivity index (χ1v) is 12.9. The van der Waals surface area contributed by atoms with Crippen molar-refractivity contribution in [3.63, 3.8) is 0 Å². The number of carbonyl (C=O) groups is 2. The van der Waals surface area contributed by atoms with Gasteiger partial charge < -0.3 is 19.4 Å². The van der Waals surface area contributed by atoms with Gasteiger partial charge in [-0.1, -0.05) is 31.5 Å². The summed E-state index contributed by atoms with van der Waals surface area (Å²) in [5.41, 5.74) is 2.39. The number of ether oxygens (including phenoxy) is 1. The SMILES string of the molecule is CCCCN(CC(=O)N1CCCN(c2ccc(-c3ccc(OC)cc3)nn2)CC1)C(=O)c1ccccc1. The Bertz CT molecular complexity index is 1150. The zero-order chi connectivity index (χ0) is 26.0. The predicted octanol–water partition coefficient (Wildman–Crippen LogP) is 4.13. The van der Waals surface area contributed by atoms with Crippen molar-refractivity contribution in [2.45, 2.75) is 26.2 Å². The molecular weight excluding hydrogens is 466 g/mol. The first kappa shape index (κ1) is 26.1. The largest absolute Gasteiger partial charge is 0.497 e. The first-order valence-electron chi connectivity index (χ1n) is 12.9. The number of rotatable bonds is 9. The Morgan fingerprint density at radius 2 is 1.70 bits per heavy atom. The number of amides is 2. The molecule has 1 aromatic heterocycles. The van der Waals surface area contributed by atoms with Crippen LogP contribution in [0.2, 0.25) is 0 Å². The van der Waals surface area contributed by atoms with Crippen molar-refractivity contribution in [2.75, 3.05) is 51.3 Å². The Balaban J connectivity index is 1.36. The average Bonchev–Trinajstić information content (AvgIpc) is 3.22. The average molecular weight is 502 g/mol. The molecule has 37 heavy (non-hydrogen) atoms. The van der Waals surface area contributed by atoms with Gasteiger partial charge in [0.15, 0.2) is 5.82 Å². The van der Waals surface area contributed by atoms with Gasteiger partial charge in [-0.05, 0) is 61.4 Å². The molecule has 0 N–H and O–H groups in total. The van der Waals surface area contributed by atoms with E-state index >= 15 is 0 Å². The van der Waals surface area contributed by atoms with Crippen LogP contribution in [0.5, 0.6) is 5.75 Å². The molecule has 0 radical (unpaired) electrons. The Labute approximate surface area is 218 Å². The van der Waals surface area contributed by atoms with Gasteiger partial charge in [-0.15, -0.1) is 10.2 Å². The van der Waals surface area contributed by atoms with Crippen LogP contribution in [0.25, 0.3) is 11.3 Å². The fraction of sp³-hybridized carbons (Fsp3) is 0.379. The van der Waals surface area contributed by atoms with Crippen LogP contribution in [-0.4, -0.2) is 78.2 Å². The van der Waals surface area contributed by atoms with Gasteiger partial charge in [0.05, 0.1) is 12.8 Å². The lowest BCUT2D eigenvalue weighted by Gasteiger charge is -2.27. The Hall–Kier alpha value is -3.94. The van der Waals surface area contributed by atoms with E-state index in [0.717, 1.165) is 48.6 Å². The van der Waals surface area contributed by atoms with E-state index in [2.05, 4.69) is 22.0 Å². The molecule has 1 fully saturated rings.